The first-order valence-corrected chi connectivity index (χ1v) is 14.7. The number of phenols is 1. The number of likely N-dealkylation sites (tertiary alicyclic amines) is 1. The van der Waals surface area contributed by atoms with Crippen molar-refractivity contribution in [2.75, 3.05) is 20.7 Å². The van der Waals surface area contributed by atoms with Crippen molar-refractivity contribution < 1.29 is 48.0 Å². The second kappa shape index (κ2) is 10.8. The SMILES string of the molecule is COC(=O)[C@H]1OC(CC(=O)N[C@@H]2C=CC3[C@H]4Cc5ccc(O)c6c5[C@@]3(CCN4C)C2O6)[C@H](OC(C)=O)[C@@H](OC(C)=O)[C@@H]1C. The molecule has 2 saturated heterocycles. The first kappa shape index (κ1) is 29.4. The van der Waals surface area contributed by atoms with Gasteiger partial charge in [-0.2, -0.15) is 0 Å². The molecule has 2 fully saturated rings. The molecule has 2 bridgehead atoms. The Morgan fingerprint density at radius 2 is 1.84 bits per heavy atom. The van der Waals surface area contributed by atoms with E-state index in [1.54, 1.807) is 13.0 Å². The Morgan fingerprint density at radius 1 is 1.12 bits per heavy atom. The zero-order chi connectivity index (χ0) is 30.8. The number of hydrogen-bond acceptors (Lipinski definition) is 11. The number of benzene rings is 1. The molecule has 0 radical (unpaired) electrons. The molecule has 2 N–H and O–H groups in total. The van der Waals surface area contributed by atoms with Crippen LogP contribution in [0.3, 0.4) is 0 Å². The molecular formula is C31H38N2O10. The molecule has 1 spiro atoms. The number of likely N-dealkylation sites (N-methyl/N-ethyl adjacent to an activating group) is 1. The van der Waals surface area contributed by atoms with E-state index in [2.05, 4.69) is 23.3 Å². The summed E-state index contributed by atoms with van der Waals surface area (Å²) in [6, 6.07) is 3.39. The predicted molar refractivity (Wildman–Crippen MR) is 149 cm³/mol. The fourth-order valence-corrected chi connectivity index (χ4v) is 8.14. The molecular weight excluding hydrogens is 560 g/mol. The number of rotatable bonds is 6. The Kier molecular flexibility index (Phi) is 7.40. The van der Waals surface area contributed by atoms with Gasteiger partial charge in [0.2, 0.25) is 5.91 Å². The van der Waals surface area contributed by atoms with Crippen LogP contribution in [-0.2, 0) is 50.0 Å². The summed E-state index contributed by atoms with van der Waals surface area (Å²) in [4.78, 5) is 52.7. The average molecular weight is 599 g/mol. The number of carbonyl (C=O) groups excluding carboxylic acids is 4. The van der Waals surface area contributed by atoms with Gasteiger partial charge in [-0.1, -0.05) is 25.1 Å². The maximum atomic E-state index is 13.7. The molecule has 0 saturated carbocycles. The van der Waals surface area contributed by atoms with Crippen LogP contribution >= 0.6 is 0 Å². The monoisotopic (exact) mass is 598 g/mol. The van der Waals surface area contributed by atoms with Crippen LogP contribution in [0.2, 0.25) is 0 Å². The molecule has 43 heavy (non-hydrogen) atoms. The Labute approximate surface area is 249 Å². The summed E-state index contributed by atoms with van der Waals surface area (Å²) in [6.07, 6.45) is 0.603. The van der Waals surface area contributed by atoms with E-state index in [9.17, 15) is 24.3 Å². The van der Waals surface area contributed by atoms with Gasteiger partial charge in [0.15, 0.2) is 23.7 Å². The molecule has 1 amide bonds. The van der Waals surface area contributed by atoms with Gasteiger partial charge in [-0.15, -0.1) is 0 Å². The topological polar surface area (TPSA) is 150 Å². The van der Waals surface area contributed by atoms with Gasteiger partial charge >= 0.3 is 17.9 Å². The fraction of sp³-hybridized carbons (Fsp3) is 0.613. The first-order valence-electron chi connectivity index (χ1n) is 14.7. The lowest BCUT2D eigenvalue weighted by molar-refractivity contribution is -0.228. The van der Waals surface area contributed by atoms with Crippen molar-refractivity contribution in [2.24, 2.45) is 11.8 Å². The number of phenolic OH excluding ortho intramolecular Hbond substituents is 1. The molecule has 12 heteroatoms. The summed E-state index contributed by atoms with van der Waals surface area (Å²) in [5.74, 6) is -2.40. The minimum absolute atomic E-state index is 0.0862. The molecule has 1 aromatic rings. The van der Waals surface area contributed by atoms with E-state index in [1.165, 1.54) is 21.0 Å². The number of piperidine rings is 1. The van der Waals surface area contributed by atoms with Crippen molar-refractivity contribution in [3.8, 4) is 11.5 Å². The summed E-state index contributed by atoms with van der Waals surface area (Å²) >= 11 is 0. The van der Waals surface area contributed by atoms with Gasteiger partial charge in [0.1, 0.15) is 18.3 Å². The summed E-state index contributed by atoms with van der Waals surface area (Å²) in [6.45, 7) is 4.90. The molecule has 6 rings (SSSR count). The molecule has 5 aliphatic rings. The normalized spacial score (nSPS) is 37.0. The smallest absolute Gasteiger partial charge is 0.335 e. The zero-order valence-corrected chi connectivity index (χ0v) is 24.9. The van der Waals surface area contributed by atoms with Crippen molar-refractivity contribution in [1.29, 1.82) is 0 Å². The average Bonchev–Trinajstić information content (AvgIpc) is 3.31. The number of hydrogen-bond donors (Lipinski definition) is 2. The van der Waals surface area contributed by atoms with E-state index in [-0.39, 0.29) is 24.1 Å². The third-order valence-corrected chi connectivity index (χ3v) is 9.94. The number of nitrogens with one attached hydrogen (secondary N) is 1. The number of esters is 3. The van der Waals surface area contributed by atoms with Crippen molar-refractivity contribution in [3.63, 3.8) is 0 Å². The van der Waals surface area contributed by atoms with Crippen LogP contribution in [0, 0.1) is 11.8 Å². The maximum Gasteiger partial charge on any atom is 0.335 e. The van der Waals surface area contributed by atoms with Crippen molar-refractivity contribution in [2.45, 2.75) is 88.1 Å². The molecule has 3 heterocycles. The number of methoxy groups -OCH3 is 1. The summed E-state index contributed by atoms with van der Waals surface area (Å²) in [7, 11) is 3.34. The first-order chi connectivity index (χ1) is 20.5. The lowest BCUT2D eigenvalue weighted by atomic mass is 9.53. The predicted octanol–water partition coefficient (Wildman–Crippen LogP) is 1.15. The third-order valence-electron chi connectivity index (χ3n) is 9.94. The molecule has 0 aromatic heterocycles. The Morgan fingerprint density at radius 3 is 2.53 bits per heavy atom. The summed E-state index contributed by atoms with van der Waals surface area (Å²) in [5.41, 5.74) is 1.79. The Hall–Kier alpha value is -3.64. The largest absolute Gasteiger partial charge is 0.504 e. The van der Waals surface area contributed by atoms with Crippen LogP contribution in [0.5, 0.6) is 11.5 Å². The van der Waals surface area contributed by atoms with Gasteiger partial charge in [-0.3, -0.25) is 14.4 Å². The third kappa shape index (κ3) is 4.66. The van der Waals surface area contributed by atoms with E-state index in [4.69, 9.17) is 23.7 Å². The Balaban J connectivity index is 1.28. The van der Waals surface area contributed by atoms with Crippen LogP contribution < -0.4 is 10.1 Å². The maximum absolute atomic E-state index is 13.7. The van der Waals surface area contributed by atoms with Crippen LogP contribution in [0.25, 0.3) is 0 Å². The van der Waals surface area contributed by atoms with Crippen LogP contribution in [0.4, 0.5) is 0 Å². The van der Waals surface area contributed by atoms with E-state index in [0.29, 0.717) is 5.75 Å². The highest BCUT2D eigenvalue weighted by Crippen LogP contribution is 2.62. The van der Waals surface area contributed by atoms with E-state index >= 15 is 0 Å². The number of ether oxygens (including phenoxy) is 5. The van der Waals surface area contributed by atoms with Gasteiger partial charge in [0.25, 0.3) is 0 Å². The highest BCUT2D eigenvalue weighted by molar-refractivity contribution is 5.79. The molecule has 3 aliphatic heterocycles. The molecule has 232 valence electrons. The minimum atomic E-state index is -1.15. The van der Waals surface area contributed by atoms with Gasteiger partial charge < -0.3 is 39.0 Å². The highest BCUT2D eigenvalue weighted by atomic mass is 16.6. The van der Waals surface area contributed by atoms with Crippen LogP contribution in [0.1, 0.15) is 44.7 Å². The van der Waals surface area contributed by atoms with Crippen LogP contribution in [0.15, 0.2) is 24.3 Å². The van der Waals surface area contributed by atoms with Gasteiger partial charge in [0.05, 0.1) is 19.6 Å². The lowest BCUT2D eigenvalue weighted by Crippen LogP contribution is -2.67. The minimum Gasteiger partial charge on any atom is -0.504 e. The van der Waals surface area contributed by atoms with Crippen molar-refractivity contribution in [3.05, 3.63) is 35.4 Å². The number of amides is 1. The molecule has 2 aliphatic carbocycles. The van der Waals surface area contributed by atoms with Gasteiger partial charge in [0, 0.05) is 42.7 Å². The quantitative estimate of drug-likeness (QED) is 0.276. The summed E-state index contributed by atoms with van der Waals surface area (Å²) in [5, 5.41) is 13.8. The second-order valence-corrected chi connectivity index (χ2v) is 12.4. The second-order valence-electron chi connectivity index (χ2n) is 12.4. The molecule has 1 aromatic carbocycles. The fourth-order valence-electron chi connectivity index (χ4n) is 8.14. The molecule has 3 unspecified atom stereocenters. The number of aromatic hydroxyl groups is 1. The standard InChI is InChI=1S/C31H38N2O10/c1-14-25(40-15(2)34)28(41-16(3)35)22(42-26(14)30(38)39-5)13-23(37)32-19-8-7-18-20-12-17-6-9-21(36)27-24(17)31(18,29(19)43-27)10-11-33(20)4/h6-9,14,18-20,22,25-26,28-29,36H,10-13H2,1-5H3,(H,32,37)/t14-,18?,19+,20+,22?,25-,26-,28-,29?,31-/m0/s1. The van der Waals surface area contributed by atoms with E-state index in [0.717, 1.165) is 30.5 Å². The van der Waals surface area contributed by atoms with E-state index < -0.39 is 71.7 Å². The molecule has 12 nitrogen and oxygen atoms in total. The number of carbonyl (C=O) groups is 4. The van der Waals surface area contributed by atoms with Crippen molar-refractivity contribution in [1.82, 2.24) is 10.2 Å². The van der Waals surface area contributed by atoms with Gasteiger partial charge in [-0.25, -0.2) is 4.79 Å². The molecule has 10 atom stereocenters. The van der Waals surface area contributed by atoms with Gasteiger partial charge in [-0.05, 0) is 38.1 Å². The summed E-state index contributed by atoms with van der Waals surface area (Å²) < 4.78 is 28.4. The Bertz CT molecular complexity index is 1380. The lowest BCUT2D eigenvalue weighted by Gasteiger charge is -2.57. The zero-order valence-electron chi connectivity index (χ0n) is 24.9. The number of nitrogens with zero attached hydrogens (tertiary/aromatic N) is 1. The van der Waals surface area contributed by atoms with E-state index in [1.807, 2.05) is 12.1 Å². The highest BCUT2D eigenvalue weighted by Gasteiger charge is 2.64. The van der Waals surface area contributed by atoms with Crippen LogP contribution in [-0.4, -0.2) is 97.1 Å². The van der Waals surface area contributed by atoms with Crippen molar-refractivity contribution >= 4 is 23.8 Å².